The van der Waals surface area contributed by atoms with Crippen LogP contribution in [0.15, 0.2) is 0 Å². The monoisotopic (exact) mass is 275 g/mol. The van der Waals surface area contributed by atoms with Crippen molar-refractivity contribution in [3.63, 3.8) is 0 Å². The molecule has 0 bridgehead atoms. The fourth-order valence-corrected chi connectivity index (χ4v) is 5.29. The first kappa shape index (κ1) is 15.9. The number of nitrogens with zero attached hydrogens (tertiary/aromatic N) is 1. The van der Waals surface area contributed by atoms with Crippen LogP contribution in [0.4, 0.5) is 0 Å². The van der Waals surface area contributed by atoms with Gasteiger partial charge >= 0.3 is 0 Å². The highest BCUT2D eigenvalue weighted by atomic mass is 14.6. The molecular weight excluding hydrogens is 242 g/mol. The number of hydrogen-bond acceptors (Lipinski definition) is 1. The zero-order valence-corrected chi connectivity index (χ0v) is 14.0. The maximum Gasteiger partial charge on any atom is 0.0695 e. The Bertz CT molecular complexity index is 353. The van der Waals surface area contributed by atoms with E-state index in [1.54, 1.807) is 0 Å². The van der Waals surface area contributed by atoms with Gasteiger partial charge in [-0.3, -0.25) is 0 Å². The fraction of sp³-hybridized carbons (Fsp3) is 0.947. The summed E-state index contributed by atoms with van der Waals surface area (Å²) in [6.45, 7) is 9.44. The lowest BCUT2D eigenvalue weighted by molar-refractivity contribution is 0.0702. The van der Waals surface area contributed by atoms with Crippen LogP contribution in [-0.4, -0.2) is 0 Å². The lowest BCUT2D eigenvalue weighted by Crippen LogP contribution is -2.39. The number of nitriles is 1. The standard InChI is InChI=1S/C19H33N/c1-14(2)7-5-8-15(3)17-10-11-18-16(4)9-6-12-19(17,18)13-20/h14-18H,5-12H2,1-4H3/t15-,16-,17+,18-,19-/m0/s1. The average molecular weight is 275 g/mol. The van der Waals surface area contributed by atoms with E-state index in [1.165, 1.54) is 51.4 Å². The van der Waals surface area contributed by atoms with Gasteiger partial charge < -0.3 is 0 Å². The van der Waals surface area contributed by atoms with E-state index in [9.17, 15) is 5.26 Å². The fourth-order valence-electron chi connectivity index (χ4n) is 5.29. The van der Waals surface area contributed by atoms with Gasteiger partial charge in [0.05, 0.1) is 11.5 Å². The van der Waals surface area contributed by atoms with Crippen LogP contribution in [0.1, 0.15) is 79.1 Å². The Kier molecular flexibility index (Phi) is 5.16. The summed E-state index contributed by atoms with van der Waals surface area (Å²) < 4.78 is 0. The van der Waals surface area contributed by atoms with Crippen LogP contribution < -0.4 is 0 Å². The Morgan fingerprint density at radius 3 is 2.55 bits per heavy atom. The normalized spacial score (nSPS) is 38.5. The zero-order valence-electron chi connectivity index (χ0n) is 14.0. The minimum absolute atomic E-state index is 0.0366. The van der Waals surface area contributed by atoms with Gasteiger partial charge in [0.15, 0.2) is 0 Å². The van der Waals surface area contributed by atoms with E-state index in [-0.39, 0.29) is 5.41 Å². The van der Waals surface area contributed by atoms with Gasteiger partial charge in [-0.05, 0) is 48.9 Å². The molecule has 0 aromatic heterocycles. The van der Waals surface area contributed by atoms with Crippen molar-refractivity contribution < 1.29 is 0 Å². The molecule has 0 aliphatic heterocycles. The third-order valence-corrected chi connectivity index (χ3v) is 6.38. The highest BCUT2D eigenvalue weighted by Crippen LogP contribution is 2.59. The average Bonchev–Trinajstić information content (AvgIpc) is 2.79. The van der Waals surface area contributed by atoms with Crippen molar-refractivity contribution in [1.82, 2.24) is 0 Å². The maximum atomic E-state index is 9.95. The highest BCUT2D eigenvalue weighted by molar-refractivity contribution is 5.14. The topological polar surface area (TPSA) is 23.8 Å². The summed E-state index contributed by atoms with van der Waals surface area (Å²) in [5, 5.41) is 9.95. The second-order valence-corrected chi connectivity index (χ2v) is 8.11. The van der Waals surface area contributed by atoms with Crippen molar-refractivity contribution in [2.75, 3.05) is 0 Å². The van der Waals surface area contributed by atoms with E-state index in [1.807, 2.05) is 0 Å². The minimum Gasteiger partial charge on any atom is -0.198 e. The molecule has 2 saturated carbocycles. The van der Waals surface area contributed by atoms with Crippen molar-refractivity contribution in [3.8, 4) is 6.07 Å². The van der Waals surface area contributed by atoms with E-state index >= 15 is 0 Å². The van der Waals surface area contributed by atoms with Crippen molar-refractivity contribution in [2.24, 2.45) is 35.0 Å². The molecule has 0 heterocycles. The number of hydrogen-bond donors (Lipinski definition) is 0. The predicted molar refractivity (Wildman–Crippen MR) is 85.1 cm³/mol. The third kappa shape index (κ3) is 2.90. The second-order valence-electron chi connectivity index (χ2n) is 8.11. The molecule has 0 aromatic carbocycles. The van der Waals surface area contributed by atoms with Gasteiger partial charge in [-0.1, -0.05) is 59.8 Å². The van der Waals surface area contributed by atoms with Gasteiger partial charge in [-0.15, -0.1) is 0 Å². The van der Waals surface area contributed by atoms with Gasteiger partial charge in [0.2, 0.25) is 0 Å². The van der Waals surface area contributed by atoms with Crippen LogP contribution in [0.25, 0.3) is 0 Å². The molecule has 5 atom stereocenters. The van der Waals surface area contributed by atoms with E-state index in [0.717, 1.165) is 17.8 Å². The maximum absolute atomic E-state index is 9.95. The molecule has 1 nitrogen and oxygen atoms in total. The molecule has 20 heavy (non-hydrogen) atoms. The van der Waals surface area contributed by atoms with Crippen molar-refractivity contribution in [3.05, 3.63) is 0 Å². The molecule has 0 saturated heterocycles. The molecule has 0 aromatic rings. The van der Waals surface area contributed by atoms with Crippen LogP contribution in [0.3, 0.4) is 0 Å². The van der Waals surface area contributed by atoms with E-state index in [2.05, 4.69) is 33.8 Å². The lowest BCUT2D eigenvalue weighted by atomic mass is 9.59. The molecule has 0 amide bonds. The molecule has 0 unspecified atom stereocenters. The van der Waals surface area contributed by atoms with Crippen molar-refractivity contribution in [1.29, 1.82) is 5.26 Å². The molecule has 114 valence electrons. The minimum atomic E-state index is 0.0366. The first-order chi connectivity index (χ1) is 9.51. The Balaban J connectivity index is 2.02. The Morgan fingerprint density at radius 2 is 1.90 bits per heavy atom. The first-order valence-electron chi connectivity index (χ1n) is 8.92. The molecular formula is C19H33N. The summed E-state index contributed by atoms with van der Waals surface area (Å²) in [6, 6.07) is 2.84. The van der Waals surface area contributed by atoms with Crippen LogP contribution in [0.2, 0.25) is 0 Å². The molecule has 2 fully saturated rings. The molecule has 1 heteroatoms. The summed E-state index contributed by atoms with van der Waals surface area (Å²) in [5.41, 5.74) is 0.0366. The summed E-state index contributed by atoms with van der Waals surface area (Å²) in [7, 11) is 0. The number of fused-ring (bicyclic) bond motifs is 1. The highest BCUT2D eigenvalue weighted by Gasteiger charge is 2.54. The van der Waals surface area contributed by atoms with E-state index in [4.69, 9.17) is 0 Å². The van der Waals surface area contributed by atoms with Crippen molar-refractivity contribution in [2.45, 2.75) is 79.1 Å². The van der Waals surface area contributed by atoms with E-state index < -0.39 is 0 Å². The van der Waals surface area contributed by atoms with Crippen LogP contribution >= 0.6 is 0 Å². The van der Waals surface area contributed by atoms with Crippen molar-refractivity contribution >= 4 is 0 Å². The molecule has 0 N–H and O–H groups in total. The molecule has 2 aliphatic rings. The number of rotatable bonds is 5. The summed E-state index contributed by atoms with van der Waals surface area (Å²) >= 11 is 0. The predicted octanol–water partition coefficient (Wildman–Crippen LogP) is 5.80. The first-order valence-corrected chi connectivity index (χ1v) is 8.92. The Hall–Kier alpha value is -0.510. The Labute approximate surface area is 126 Å². The van der Waals surface area contributed by atoms with Gasteiger partial charge in [0.1, 0.15) is 0 Å². The third-order valence-electron chi connectivity index (χ3n) is 6.38. The van der Waals surface area contributed by atoms with Gasteiger partial charge in [-0.2, -0.15) is 5.26 Å². The summed E-state index contributed by atoms with van der Waals surface area (Å²) in [6.07, 6.45) is 10.4. The SMILES string of the molecule is CC(C)CCC[C@H](C)[C@H]1CC[C@H]2[C@@H](C)CCC[C@]12C#N. The smallest absolute Gasteiger partial charge is 0.0695 e. The van der Waals surface area contributed by atoms with E-state index in [0.29, 0.717) is 11.8 Å². The van der Waals surface area contributed by atoms with Crippen LogP contribution in [0, 0.1) is 46.3 Å². The summed E-state index contributed by atoms with van der Waals surface area (Å²) in [5.74, 6) is 3.70. The molecule has 2 aliphatic carbocycles. The Morgan fingerprint density at radius 1 is 1.15 bits per heavy atom. The largest absolute Gasteiger partial charge is 0.198 e. The van der Waals surface area contributed by atoms with Crippen LogP contribution in [-0.2, 0) is 0 Å². The van der Waals surface area contributed by atoms with Crippen LogP contribution in [0.5, 0.6) is 0 Å². The zero-order chi connectivity index (χ0) is 14.8. The molecule has 2 rings (SSSR count). The summed E-state index contributed by atoms with van der Waals surface area (Å²) in [4.78, 5) is 0. The lowest BCUT2D eigenvalue weighted by Gasteiger charge is -2.43. The van der Waals surface area contributed by atoms with Gasteiger partial charge in [0.25, 0.3) is 0 Å². The van der Waals surface area contributed by atoms with Gasteiger partial charge in [0, 0.05) is 0 Å². The second kappa shape index (κ2) is 6.50. The van der Waals surface area contributed by atoms with Gasteiger partial charge in [-0.25, -0.2) is 0 Å². The quantitative estimate of drug-likeness (QED) is 0.621. The molecule has 0 spiro atoms. The molecule has 0 radical (unpaired) electrons.